The first-order chi connectivity index (χ1) is 9.40. The molecule has 0 atom stereocenters. The third kappa shape index (κ3) is 5.31. The van der Waals surface area contributed by atoms with Crippen molar-refractivity contribution in [1.82, 2.24) is 15.5 Å². The molecule has 0 unspecified atom stereocenters. The van der Waals surface area contributed by atoms with Gasteiger partial charge in [0.1, 0.15) is 5.76 Å². The highest BCUT2D eigenvalue weighted by Crippen LogP contribution is 2.07. The van der Waals surface area contributed by atoms with E-state index >= 15 is 0 Å². The van der Waals surface area contributed by atoms with Gasteiger partial charge in [0.05, 0.1) is 6.54 Å². The van der Waals surface area contributed by atoms with Crippen LogP contribution in [0.2, 0.25) is 0 Å². The Balaban J connectivity index is 2.24. The molecule has 0 aliphatic heterocycles. The van der Waals surface area contributed by atoms with Crippen LogP contribution in [0.4, 0.5) is 4.79 Å². The van der Waals surface area contributed by atoms with E-state index in [9.17, 15) is 9.59 Å². The van der Waals surface area contributed by atoms with Crippen molar-refractivity contribution in [2.75, 3.05) is 20.1 Å². The maximum absolute atomic E-state index is 11.5. The monoisotopic (exact) mass is 283 g/mol. The summed E-state index contributed by atoms with van der Waals surface area (Å²) >= 11 is 0. The fraction of sp³-hybridized carbons (Fsp3) is 0.538. The predicted octanol–water partition coefficient (Wildman–Crippen LogP) is 1.12. The van der Waals surface area contributed by atoms with Crippen LogP contribution in [0, 0.1) is 0 Å². The summed E-state index contributed by atoms with van der Waals surface area (Å²) in [4.78, 5) is 24.2. The van der Waals surface area contributed by atoms with Crippen molar-refractivity contribution in [3.8, 4) is 0 Å². The van der Waals surface area contributed by atoms with E-state index in [1.807, 2.05) is 7.05 Å². The van der Waals surface area contributed by atoms with Gasteiger partial charge < -0.3 is 25.1 Å². The van der Waals surface area contributed by atoms with Crippen molar-refractivity contribution in [3.63, 3.8) is 0 Å². The van der Waals surface area contributed by atoms with Gasteiger partial charge in [-0.3, -0.25) is 0 Å². The lowest BCUT2D eigenvalue weighted by molar-refractivity contribution is 0.0660. The fourth-order valence-corrected chi connectivity index (χ4v) is 1.42. The number of likely N-dealkylation sites (N-methyl/N-ethyl adjacent to an activating group) is 1. The van der Waals surface area contributed by atoms with Gasteiger partial charge in [-0.2, -0.15) is 0 Å². The fourth-order valence-electron chi connectivity index (χ4n) is 1.42. The first-order valence-electron chi connectivity index (χ1n) is 6.44. The minimum Gasteiger partial charge on any atom is -0.475 e. The molecular formula is C13H21N3O4. The number of urea groups is 1. The van der Waals surface area contributed by atoms with Gasteiger partial charge in [0.25, 0.3) is 0 Å². The van der Waals surface area contributed by atoms with Crippen LogP contribution in [0.25, 0.3) is 0 Å². The van der Waals surface area contributed by atoms with Crippen molar-refractivity contribution in [3.05, 3.63) is 23.7 Å². The Bertz CT molecular complexity index is 456. The number of carbonyl (C=O) groups excluding carboxylic acids is 1. The minimum atomic E-state index is -1.13. The summed E-state index contributed by atoms with van der Waals surface area (Å²) in [6.45, 7) is 5.61. The first kappa shape index (κ1) is 16.0. The molecule has 0 aliphatic carbocycles. The van der Waals surface area contributed by atoms with Gasteiger partial charge in [-0.25, -0.2) is 9.59 Å². The maximum atomic E-state index is 11.5. The highest BCUT2D eigenvalue weighted by Gasteiger charge is 2.09. The highest BCUT2D eigenvalue weighted by atomic mass is 16.4. The summed E-state index contributed by atoms with van der Waals surface area (Å²) < 4.78 is 5.02. The van der Waals surface area contributed by atoms with Crippen LogP contribution in [-0.4, -0.2) is 48.2 Å². The lowest BCUT2D eigenvalue weighted by atomic mass is 10.3. The second kappa shape index (κ2) is 7.54. The number of carboxylic acid groups (broad SMARTS) is 1. The van der Waals surface area contributed by atoms with Crippen molar-refractivity contribution in [2.45, 2.75) is 26.4 Å². The molecular weight excluding hydrogens is 262 g/mol. The number of furan rings is 1. The first-order valence-corrected chi connectivity index (χ1v) is 6.44. The number of nitrogens with one attached hydrogen (secondary N) is 2. The summed E-state index contributed by atoms with van der Waals surface area (Å²) in [6.07, 6.45) is 0. The van der Waals surface area contributed by atoms with Crippen LogP contribution in [0.1, 0.15) is 30.2 Å². The van der Waals surface area contributed by atoms with E-state index in [1.165, 1.54) is 12.1 Å². The Kier molecular flexibility index (Phi) is 6.05. The normalized spacial score (nSPS) is 10.8. The molecule has 112 valence electrons. The number of carboxylic acids is 1. The van der Waals surface area contributed by atoms with Crippen LogP contribution in [-0.2, 0) is 6.54 Å². The van der Waals surface area contributed by atoms with Crippen molar-refractivity contribution >= 4 is 12.0 Å². The van der Waals surface area contributed by atoms with Crippen molar-refractivity contribution in [2.24, 2.45) is 0 Å². The Labute approximate surface area is 117 Å². The van der Waals surface area contributed by atoms with Gasteiger partial charge in [-0.1, -0.05) is 0 Å². The maximum Gasteiger partial charge on any atom is 0.371 e. The summed E-state index contributed by atoms with van der Waals surface area (Å²) in [7, 11) is 1.99. The SMILES string of the molecule is CC(C)N(C)CCNC(=O)NCc1ccc(C(=O)O)o1. The molecule has 0 saturated carbocycles. The van der Waals surface area contributed by atoms with E-state index in [0.29, 0.717) is 18.3 Å². The predicted molar refractivity (Wildman–Crippen MR) is 73.7 cm³/mol. The number of nitrogens with zero attached hydrogens (tertiary/aromatic N) is 1. The summed E-state index contributed by atoms with van der Waals surface area (Å²) in [6, 6.07) is 3.00. The molecule has 0 spiro atoms. The van der Waals surface area contributed by atoms with E-state index < -0.39 is 5.97 Å². The molecule has 0 saturated heterocycles. The van der Waals surface area contributed by atoms with Crippen LogP contribution < -0.4 is 10.6 Å². The van der Waals surface area contributed by atoms with Crippen LogP contribution in [0.3, 0.4) is 0 Å². The second-order valence-electron chi connectivity index (χ2n) is 4.75. The van der Waals surface area contributed by atoms with E-state index in [0.717, 1.165) is 6.54 Å². The molecule has 1 aromatic rings. The lowest BCUT2D eigenvalue weighted by Gasteiger charge is -2.20. The Morgan fingerprint density at radius 3 is 2.60 bits per heavy atom. The van der Waals surface area contributed by atoms with Gasteiger partial charge in [0.15, 0.2) is 0 Å². The molecule has 0 bridgehead atoms. The standard InChI is InChI=1S/C13H21N3O4/c1-9(2)16(3)7-6-14-13(19)15-8-10-4-5-11(20-10)12(17)18/h4-5,9H,6-8H2,1-3H3,(H,17,18)(H2,14,15,19). The van der Waals surface area contributed by atoms with Gasteiger partial charge in [0, 0.05) is 19.1 Å². The number of rotatable bonds is 7. The molecule has 7 heteroatoms. The molecule has 1 heterocycles. The van der Waals surface area contributed by atoms with Gasteiger partial charge in [-0.15, -0.1) is 0 Å². The zero-order valence-electron chi connectivity index (χ0n) is 12.0. The van der Waals surface area contributed by atoms with Crippen molar-refractivity contribution < 1.29 is 19.1 Å². The third-order valence-electron chi connectivity index (χ3n) is 2.93. The number of amides is 2. The third-order valence-corrected chi connectivity index (χ3v) is 2.93. The largest absolute Gasteiger partial charge is 0.475 e. The number of carbonyl (C=O) groups is 2. The molecule has 0 aromatic carbocycles. The molecule has 3 N–H and O–H groups in total. The number of hydrogen-bond donors (Lipinski definition) is 3. The van der Waals surface area contributed by atoms with Crippen LogP contribution in [0.15, 0.2) is 16.5 Å². The summed E-state index contributed by atoms with van der Waals surface area (Å²) in [5, 5.41) is 14.0. The van der Waals surface area contributed by atoms with E-state index in [4.69, 9.17) is 9.52 Å². The Morgan fingerprint density at radius 1 is 1.35 bits per heavy atom. The molecule has 2 amide bonds. The molecule has 0 fully saturated rings. The summed E-state index contributed by atoms with van der Waals surface area (Å²) in [5.74, 6) is -0.866. The van der Waals surface area contributed by atoms with E-state index in [1.54, 1.807) is 0 Å². The highest BCUT2D eigenvalue weighted by molar-refractivity contribution is 5.84. The number of hydrogen-bond acceptors (Lipinski definition) is 4. The molecule has 0 radical (unpaired) electrons. The zero-order valence-corrected chi connectivity index (χ0v) is 12.0. The second-order valence-corrected chi connectivity index (χ2v) is 4.75. The molecule has 1 rings (SSSR count). The van der Waals surface area contributed by atoms with Crippen LogP contribution >= 0.6 is 0 Å². The Hall–Kier alpha value is -2.02. The Morgan fingerprint density at radius 2 is 2.05 bits per heavy atom. The molecule has 0 aliphatic rings. The average molecular weight is 283 g/mol. The minimum absolute atomic E-state index is 0.138. The van der Waals surface area contributed by atoms with E-state index in [2.05, 4.69) is 29.4 Å². The topological polar surface area (TPSA) is 94.8 Å². The lowest BCUT2D eigenvalue weighted by Crippen LogP contribution is -2.40. The number of aromatic carboxylic acids is 1. The van der Waals surface area contributed by atoms with Gasteiger partial charge >= 0.3 is 12.0 Å². The zero-order chi connectivity index (χ0) is 15.1. The average Bonchev–Trinajstić information content (AvgIpc) is 2.85. The van der Waals surface area contributed by atoms with Gasteiger partial charge in [-0.05, 0) is 33.0 Å². The van der Waals surface area contributed by atoms with E-state index in [-0.39, 0.29) is 18.3 Å². The van der Waals surface area contributed by atoms with Crippen LogP contribution in [0.5, 0.6) is 0 Å². The molecule has 7 nitrogen and oxygen atoms in total. The van der Waals surface area contributed by atoms with Crippen molar-refractivity contribution in [1.29, 1.82) is 0 Å². The summed E-state index contributed by atoms with van der Waals surface area (Å²) in [5.41, 5.74) is 0. The molecule has 20 heavy (non-hydrogen) atoms. The van der Waals surface area contributed by atoms with Gasteiger partial charge in [0.2, 0.25) is 5.76 Å². The quantitative estimate of drug-likeness (QED) is 0.697. The molecule has 1 aromatic heterocycles. The smallest absolute Gasteiger partial charge is 0.371 e.